The molecule has 6 heteroatoms. The Morgan fingerprint density at radius 2 is 1.66 bits per heavy atom. The summed E-state index contributed by atoms with van der Waals surface area (Å²) >= 11 is 1.46. The van der Waals surface area contributed by atoms with E-state index in [1.807, 2.05) is 50.2 Å². The summed E-state index contributed by atoms with van der Waals surface area (Å²) in [6.45, 7) is 7.41. The van der Waals surface area contributed by atoms with E-state index in [1.165, 1.54) is 11.3 Å². The van der Waals surface area contributed by atoms with Gasteiger partial charge in [0.2, 0.25) is 0 Å². The van der Waals surface area contributed by atoms with Crippen molar-refractivity contribution in [1.82, 2.24) is 4.98 Å². The molecule has 3 rings (SSSR count). The van der Waals surface area contributed by atoms with Crippen molar-refractivity contribution >= 4 is 22.4 Å². The Morgan fingerprint density at radius 1 is 1.00 bits per heavy atom. The van der Waals surface area contributed by atoms with Crippen molar-refractivity contribution < 1.29 is 14.3 Å². The van der Waals surface area contributed by atoms with Gasteiger partial charge in [0, 0.05) is 16.0 Å². The van der Waals surface area contributed by atoms with Crippen LogP contribution in [0.5, 0.6) is 11.5 Å². The summed E-state index contributed by atoms with van der Waals surface area (Å²) in [5.41, 5.74) is 2.44. The van der Waals surface area contributed by atoms with Gasteiger partial charge in [0.25, 0.3) is 5.91 Å². The van der Waals surface area contributed by atoms with Gasteiger partial charge in [0.15, 0.2) is 5.13 Å². The highest BCUT2D eigenvalue weighted by Gasteiger charge is 2.13. The lowest BCUT2D eigenvalue weighted by atomic mass is 10.1. The fourth-order valence-corrected chi connectivity index (χ4v) is 3.63. The highest BCUT2D eigenvalue weighted by Crippen LogP contribution is 2.31. The van der Waals surface area contributed by atoms with Crippen LogP contribution < -0.4 is 14.8 Å². The number of ether oxygens (including phenoxy) is 2. The molecule has 3 aromatic rings. The quantitative estimate of drug-likeness (QED) is 0.443. The number of aromatic nitrogens is 1. The zero-order chi connectivity index (χ0) is 20.6. The van der Waals surface area contributed by atoms with Gasteiger partial charge in [-0.3, -0.25) is 10.1 Å². The molecule has 0 fully saturated rings. The molecule has 0 aliphatic rings. The van der Waals surface area contributed by atoms with Crippen molar-refractivity contribution in [3.8, 4) is 22.8 Å². The van der Waals surface area contributed by atoms with Gasteiger partial charge < -0.3 is 9.47 Å². The Bertz CT molecular complexity index is 934. The molecule has 29 heavy (non-hydrogen) atoms. The number of aryl methyl sites for hydroxylation is 1. The van der Waals surface area contributed by atoms with E-state index in [-0.39, 0.29) is 5.91 Å². The lowest BCUT2D eigenvalue weighted by Gasteiger charge is -2.06. The van der Waals surface area contributed by atoms with E-state index in [0.717, 1.165) is 40.5 Å². The molecular weight excluding hydrogens is 384 g/mol. The second-order valence-electron chi connectivity index (χ2n) is 6.56. The average molecular weight is 411 g/mol. The Kier molecular flexibility index (Phi) is 7.25. The molecule has 1 heterocycles. The van der Waals surface area contributed by atoms with E-state index in [4.69, 9.17) is 9.47 Å². The number of carbonyl (C=O) groups excluding carboxylic acids is 1. The van der Waals surface area contributed by atoms with Crippen LogP contribution in [0.15, 0.2) is 48.5 Å². The third kappa shape index (κ3) is 5.57. The predicted octanol–water partition coefficient (Wildman–Crippen LogP) is 5.95. The number of anilines is 1. The molecule has 2 aromatic carbocycles. The number of rotatable bonds is 9. The maximum absolute atomic E-state index is 12.6. The molecule has 0 saturated carbocycles. The normalized spacial score (nSPS) is 10.6. The van der Waals surface area contributed by atoms with Gasteiger partial charge >= 0.3 is 0 Å². The average Bonchev–Trinajstić information content (AvgIpc) is 3.09. The minimum Gasteiger partial charge on any atom is -0.494 e. The summed E-state index contributed by atoms with van der Waals surface area (Å²) in [5, 5.41) is 3.48. The third-order valence-corrected chi connectivity index (χ3v) is 5.23. The molecule has 1 amide bonds. The van der Waals surface area contributed by atoms with Gasteiger partial charge in [-0.1, -0.05) is 13.3 Å². The second kappa shape index (κ2) is 10.1. The summed E-state index contributed by atoms with van der Waals surface area (Å²) in [4.78, 5) is 18.2. The Hall–Kier alpha value is -2.86. The first-order valence-electron chi connectivity index (χ1n) is 9.85. The number of amides is 1. The molecular formula is C23H26N2O3S. The van der Waals surface area contributed by atoms with Crippen molar-refractivity contribution in [2.75, 3.05) is 18.5 Å². The summed E-state index contributed by atoms with van der Waals surface area (Å²) in [5.74, 6) is 1.43. The molecule has 0 unspecified atom stereocenters. The van der Waals surface area contributed by atoms with Crippen LogP contribution in [0.4, 0.5) is 5.13 Å². The maximum Gasteiger partial charge on any atom is 0.257 e. The topological polar surface area (TPSA) is 60.5 Å². The monoisotopic (exact) mass is 410 g/mol. The molecule has 0 atom stereocenters. The van der Waals surface area contributed by atoms with Crippen LogP contribution in [0.1, 0.15) is 41.9 Å². The molecule has 1 aromatic heterocycles. The second-order valence-corrected chi connectivity index (χ2v) is 7.76. The fraction of sp³-hybridized carbons (Fsp3) is 0.304. The molecule has 0 radical (unpaired) electrons. The molecule has 5 nitrogen and oxygen atoms in total. The van der Waals surface area contributed by atoms with Gasteiger partial charge in [-0.05, 0) is 68.8 Å². The molecule has 0 saturated heterocycles. The van der Waals surface area contributed by atoms with Gasteiger partial charge in [0.05, 0.1) is 18.9 Å². The number of unbranched alkanes of at least 4 members (excludes halogenated alkanes) is 1. The van der Waals surface area contributed by atoms with Gasteiger partial charge in [-0.25, -0.2) is 4.98 Å². The molecule has 152 valence electrons. The lowest BCUT2D eigenvalue weighted by molar-refractivity contribution is 0.102. The van der Waals surface area contributed by atoms with E-state index in [2.05, 4.69) is 17.2 Å². The summed E-state index contributed by atoms with van der Waals surface area (Å²) in [6, 6.07) is 15.0. The van der Waals surface area contributed by atoms with Crippen LogP contribution in [0.25, 0.3) is 11.3 Å². The largest absolute Gasteiger partial charge is 0.494 e. The maximum atomic E-state index is 12.6. The van der Waals surface area contributed by atoms with E-state index in [0.29, 0.717) is 23.9 Å². The first kappa shape index (κ1) is 20.9. The number of benzene rings is 2. The molecule has 0 bridgehead atoms. The van der Waals surface area contributed by atoms with Gasteiger partial charge in [-0.2, -0.15) is 0 Å². The molecule has 0 spiro atoms. The van der Waals surface area contributed by atoms with E-state index < -0.39 is 0 Å². The fourth-order valence-electron chi connectivity index (χ4n) is 2.80. The Labute approximate surface area is 175 Å². The van der Waals surface area contributed by atoms with Crippen LogP contribution in [-0.4, -0.2) is 24.1 Å². The summed E-state index contributed by atoms with van der Waals surface area (Å²) in [7, 11) is 0. The minimum absolute atomic E-state index is 0.183. The smallest absolute Gasteiger partial charge is 0.257 e. The first-order valence-corrected chi connectivity index (χ1v) is 10.7. The van der Waals surface area contributed by atoms with E-state index in [1.54, 1.807) is 12.1 Å². The highest BCUT2D eigenvalue weighted by atomic mass is 32.1. The van der Waals surface area contributed by atoms with Crippen LogP contribution in [-0.2, 0) is 0 Å². The van der Waals surface area contributed by atoms with Crippen molar-refractivity contribution in [3.63, 3.8) is 0 Å². The van der Waals surface area contributed by atoms with Crippen LogP contribution in [0.3, 0.4) is 0 Å². The number of carbonyl (C=O) groups is 1. The third-order valence-electron chi connectivity index (χ3n) is 4.34. The molecule has 1 N–H and O–H groups in total. The number of thiazole rings is 1. The summed E-state index contributed by atoms with van der Waals surface area (Å²) < 4.78 is 11.1. The van der Waals surface area contributed by atoms with Crippen molar-refractivity contribution in [1.29, 1.82) is 0 Å². The number of hydrogen-bond donors (Lipinski definition) is 1. The first-order chi connectivity index (χ1) is 14.1. The number of hydrogen-bond acceptors (Lipinski definition) is 5. The zero-order valence-corrected chi connectivity index (χ0v) is 17.8. The lowest BCUT2D eigenvalue weighted by Crippen LogP contribution is -2.11. The van der Waals surface area contributed by atoms with Gasteiger partial charge in [-0.15, -0.1) is 11.3 Å². The van der Waals surface area contributed by atoms with Gasteiger partial charge in [0.1, 0.15) is 11.5 Å². The van der Waals surface area contributed by atoms with E-state index >= 15 is 0 Å². The van der Waals surface area contributed by atoms with Crippen molar-refractivity contribution in [2.24, 2.45) is 0 Å². The minimum atomic E-state index is -0.183. The number of nitrogens with zero attached hydrogens (tertiary/aromatic N) is 1. The molecule has 0 aliphatic heterocycles. The Balaban J connectivity index is 1.66. The van der Waals surface area contributed by atoms with Crippen LogP contribution >= 0.6 is 11.3 Å². The van der Waals surface area contributed by atoms with Crippen molar-refractivity contribution in [2.45, 2.75) is 33.6 Å². The number of nitrogens with one attached hydrogen (secondary N) is 1. The standard InChI is InChI=1S/C23H26N2O3S/c1-4-6-15-28-20-13-9-18(10-14-20)22(26)25-23-24-21(16(3)29-23)17-7-11-19(12-8-17)27-5-2/h7-14H,4-6,15H2,1-3H3,(H,24,25,26). The van der Waals surface area contributed by atoms with Crippen molar-refractivity contribution in [3.05, 3.63) is 59.0 Å². The van der Waals surface area contributed by atoms with Crippen LogP contribution in [0.2, 0.25) is 0 Å². The summed E-state index contributed by atoms with van der Waals surface area (Å²) in [6.07, 6.45) is 2.11. The molecule has 0 aliphatic carbocycles. The SMILES string of the molecule is CCCCOc1ccc(C(=O)Nc2nc(-c3ccc(OCC)cc3)c(C)s2)cc1. The van der Waals surface area contributed by atoms with E-state index in [9.17, 15) is 4.79 Å². The van der Waals surface area contributed by atoms with Crippen LogP contribution in [0, 0.1) is 6.92 Å². The predicted molar refractivity (Wildman–Crippen MR) is 118 cm³/mol. The Morgan fingerprint density at radius 3 is 2.31 bits per heavy atom. The highest BCUT2D eigenvalue weighted by molar-refractivity contribution is 7.16. The zero-order valence-electron chi connectivity index (χ0n) is 17.0.